The average molecular weight is 315 g/mol. The van der Waals surface area contributed by atoms with Crippen LogP contribution in [0.5, 0.6) is 0 Å². The molecular weight excluding hydrogens is 294 g/mol. The first-order chi connectivity index (χ1) is 10.9. The van der Waals surface area contributed by atoms with Gasteiger partial charge in [-0.25, -0.2) is 4.79 Å². The number of carboxylic acids is 1. The van der Waals surface area contributed by atoms with Gasteiger partial charge in [0.2, 0.25) is 5.91 Å². The Morgan fingerprint density at radius 1 is 1.35 bits per heavy atom. The largest absolute Gasteiger partial charge is 0.480 e. The monoisotopic (exact) mass is 315 g/mol. The fourth-order valence-corrected chi connectivity index (χ4v) is 2.44. The number of furan rings is 1. The van der Waals surface area contributed by atoms with Crippen LogP contribution in [0.3, 0.4) is 0 Å². The molecule has 23 heavy (non-hydrogen) atoms. The lowest BCUT2D eigenvalue weighted by molar-refractivity contribution is -0.141. The molecule has 2 N–H and O–H groups in total. The molecule has 1 unspecified atom stereocenters. The molecule has 0 bridgehead atoms. The first kappa shape index (κ1) is 16.8. The second-order valence-electron chi connectivity index (χ2n) is 5.58. The van der Waals surface area contributed by atoms with Gasteiger partial charge in [0.05, 0.1) is 12.7 Å². The van der Waals surface area contributed by atoms with Crippen LogP contribution in [-0.4, -0.2) is 23.0 Å². The minimum Gasteiger partial charge on any atom is -0.480 e. The standard InChI is InChI=1S/C18H21NO4/c1-4-5-6-15(18(21)22)19-16(20)9-13-10-23-17-12(3)11(2)7-8-14(13)17/h4-5,7-8,10,15H,6,9H2,1-3H3,(H,19,20)(H,21,22)/b5-4+. The highest BCUT2D eigenvalue weighted by Gasteiger charge is 2.20. The number of carbonyl (C=O) groups is 2. The first-order valence-corrected chi connectivity index (χ1v) is 7.53. The molecule has 1 aromatic heterocycles. The number of benzene rings is 1. The van der Waals surface area contributed by atoms with E-state index in [0.29, 0.717) is 0 Å². The van der Waals surface area contributed by atoms with Crippen molar-refractivity contribution in [1.29, 1.82) is 0 Å². The van der Waals surface area contributed by atoms with E-state index in [0.717, 1.165) is 27.7 Å². The molecule has 0 spiro atoms. The summed E-state index contributed by atoms with van der Waals surface area (Å²) in [5.41, 5.74) is 3.71. The van der Waals surface area contributed by atoms with Gasteiger partial charge in [-0.1, -0.05) is 24.3 Å². The van der Waals surface area contributed by atoms with Crippen LogP contribution in [0.25, 0.3) is 11.0 Å². The van der Waals surface area contributed by atoms with E-state index >= 15 is 0 Å². The topological polar surface area (TPSA) is 79.5 Å². The maximum Gasteiger partial charge on any atom is 0.326 e. The number of aryl methyl sites for hydroxylation is 2. The molecule has 1 aromatic carbocycles. The zero-order chi connectivity index (χ0) is 17.0. The summed E-state index contributed by atoms with van der Waals surface area (Å²) in [5, 5.41) is 12.6. The van der Waals surface area contributed by atoms with Gasteiger partial charge in [-0.05, 0) is 38.3 Å². The molecule has 0 aliphatic rings. The molecule has 0 saturated heterocycles. The van der Waals surface area contributed by atoms with Crippen LogP contribution in [0, 0.1) is 13.8 Å². The predicted molar refractivity (Wildman–Crippen MR) is 88.4 cm³/mol. The highest BCUT2D eigenvalue weighted by molar-refractivity contribution is 5.91. The average Bonchev–Trinajstić information content (AvgIpc) is 2.90. The van der Waals surface area contributed by atoms with Crippen molar-refractivity contribution in [2.24, 2.45) is 0 Å². The molecule has 0 aliphatic carbocycles. The summed E-state index contributed by atoms with van der Waals surface area (Å²) in [6, 6.07) is 3.00. The van der Waals surface area contributed by atoms with Crippen molar-refractivity contribution in [2.75, 3.05) is 0 Å². The molecule has 0 saturated carbocycles. The smallest absolute Gasteiger partial charge is 0.326 e. The van der Waals surface area contributed by atoms with Crippen molar-refractivity contribution < 1.29 is 19.1 Å². The molecule has 0 aliphatic heterocycles. The second-order valence-corrected chi connectivity index (χ2v) is 5.58. The summed E-state index contributed by atoms with van der Waals surface area (Å²) in [6.07, 6.45) is 5.41. The quantitative estimate of drug-likeness (QED) is 0.803. The lowest BCUT2D eigenvalue weighted by atomic mass is 10.0. The lowest BCUT2D eigenvalue weighted by Crippen LogP contribution is -2.41. The third-order valence-electron chi connectivity index (χ3n) is 3.93. The summed E-state index contributed by atoms with van der Waals surface area (Å²) in [7, 11) is 0. The van der Waals surface area contributed by atoms with Gasteiger partial charge < -0.3 is 14.8 Å². The number of rotatable bonds is 6. The van der Waals surface area contributed by atoms with Crippen molar-refractivity contribution in [3.63, 3.8) is 0 Å². The van der Waals surface area contributed by atoms with Crippen LogP contribution in [-0.2, 0) is 16.0 Å². The predicted octanol–water partition coefficient (Wildman–Crippen LogP) is 3.13. The van der Waals surface area contributed by atoms with Gasteiger partial charge in [0, 0.05) is 10.9 Å². The van der Waals surface area contributed by atoms with Gasteiger partial charge in [0.1, 0.15) is 11.6 Å². The zero-order valence-electron chi connectivity index (χ0n) is 13.6. The third kappa shape index (κ3) is 3.80. The number of nitrogens with one attached hydrogen (secondary N) is 1. The fourth-order valence-electron chi connectivity index (χ4n) is 2.44. The summed E-state index contributed by atoms with van der Waals surface area (Å²) in [4.78, 5) is 23.3. The zero-order valence-corrected chi connectivity index (χ0v) is 13.6. The third-order valence-corrected chi connectivity index (χ3v) is 3.93. The minimum atomic E-state index is -1.04. The molecule has 2 rings (SSSR count). The van der Waals surface area contributed by atoms with Crippen LogP contribution in [0.4, 0.5) is 0 Å². The van der Waals surface area contributed by atoms with Gasteiger partial charge in [-0.2, -0.15) is 0 Å². The Balaban J connectivity index is 2.14. The fraction of sp³-hybridized carbons (Fsp3) is 0.333. The van der Waals surface area contributed by atoms with E-state index in [-0.39, 0.29) is 18.7 Å². The maximum atomic E-state index is 12.1. The van der Waals surface area contributed by atoms with E-state index in [4.69, 9.17) is 9.52 Å². The van der Waals surface area contributed by atoms with Crippen LogP contribution >= 0.6 is 0 Å². The van der Waals surface area contributed by atoms with E-state index in [1.54, 1.807) is 18.4 Å². The van der Waals surface area contributed by atoms with Crippen LogP contribution in [0.2, 0.25) is 0 Å². The Morgan fingerprint density at radius 2 is 2.09 bits per heavy atom. The summed E-state index contributed by atoms with van der Waals surface area (Å²) in [5.74, 6) is -1.37. The van der Waals surface area contributed by atoms with Crippen LogP contribution < -0.4 is 5.32 Å². The second kappa shape index (κ2) is 7.13. The SMILES string of the molecule is C/C=C/CC(NC(=O)Cc1coc2c(C)c(C)ccc12)C(=O)O. The number of carboxylic acid groups (broad SMARTS) is 1. The number of hydrogen-bond acceptors (Lipinski definition) is 3. The number of hydrogen-bond donors (Lipinski definition) is 2. The molecule has 2 aromatic rings. The van der Waals surface area contributed by atoms with Gasteiger partial charge >= 0.3 is 5.97 Å². The molecule has 1 atom stereocenters. The molecule has 0 fully saturated rings. The summed E-state index contributed by atoms with van der Waals surface area (Å²) >= 11 is 0. The Bertz CT molecular complexity index is 758. The van der Waals surface area contributed by atoms with Crippen molar-refractivity contribution in [1.82, 2.24) is 5.32 Å². The van der Waals surface area contributed by atoms with E-state index < -0.39 is 12.0 Å². The van der Waals surface area contributed by atoms with E-state index in [9.17, 15) is 9.59 Å². The summed E-state index contributed by atoms with van der Waals surface area (Å²) < 4.78 is 5.57. The van der Waals surface area contributed by atoms with Crippen molar-refractivity contribution in [2.45, 2.75) is 39.7 Å². The normalized spacial score (nSPS) is 12.7. The number of aliphatic carboxylic acids is 1. The summed E-state index contributed by atoms with van der Waals surface area (Å²) in [6.45, 7) is 5.79. The van der Waals surface area contributed by atoms with Crippen LogP contribution in [0.15, 0.2) is 35.0 Å². The number of allylic oxidation sites excluding steroid dienone is 1. The first-order valence-electron chi connectivity index (χ1n) is 7.53. The van der Waals surface area contributed by atoms with Crippen LogP contribution in [0.1, 0.15) is 30.0 Å². The Hall–Kier alpha value is -2.56. The molecule has 5 heteroatoms. The van der Waals surface area contributed by atoms with Crippen molar-refractivity contribution >= 4 is 22.8 Å². The van der Waals surface area contributed by atoms with E-state index in [1.807, 2.05) is 32.9 Å². The highest BCUT2D eigenvalue weighted by Crippen LogP contribution is 2.26. The minimum absolute atomic E-state index is 0.0924. The lowest BCUT2D eigenvalue weighted by Gasteiger charge is -2.12. The van der Waals surface area contributed by atoms with Gasteiger partial charge in [0.15, 0.2) is 0 Å². The molecule has 122 valence electrons. The highest BCUT2D eigenvalue weighted by atomic mass is 16.4. The van der Waals surface area contributed by atoms with E-state index in [2.05, 4.69) is 5.32 Å². The Kier molecular flexibility index (Phi) is 5.21. The molecule has 1 amide bonds. The van der Waals surface area contributed by atoms with Crippen molar-refractivity contribution in [3.8, 4) is 0 Å². The number of fused-ring (bicyclic) bond motifs is 1. The van der Waals surface area contributed by atoms with Gasteiger partial charge in [-0.3, -0.25) is 4.79 Å². The molecule has 0 radical (unpaired) electrons. The molecular formula is C18H21NO4. The molecule has 1 heterocycles. The Labute approximate surface area is 135 Å². The van der Waals surface area contributed by atoms with Gasteiger partial charge in [0.25, 0.3) is 0 Å². The number of amides is 1. The maximum absolute atomic E-state index is 12.1. The Morgan fingerprint density at radius 3 is 2.74 bits per heavy atom. The molecule has 5 nitrogen and oxygen atoms in total. The van der Waals surface area contributed by atoms with Crippen molar-refractivity contribution in [3.05, 3.63) is 47.2 Å². The van der Waals surface area contributed by atoms with E-state index in [1.165, 1.54) is 0 Å². The van der Waals surface area contributed by atoms with Gasteiger partial charge in [-0.15, -0.1) is 0 Å². The number of carbonyl (C=O) groups excluding carboxylic acids is 1.